The fourth-order valence-corrected chi connectivity index (χ4v) is 3.03. The Morgan fingerprint density at radius 2 is 1.88 bits per heavy atom. The summed E-state index contributed by atoms with van der Waals surface area (Å²) in [6.45, 7) is 0. The highest BCUT2D eigenvalue weighted by atomic mass is 35.5. The molecule has 6 nitrogen and oxygen atoms in total. The van der Waals surface area contributed by atoms with Gasteiger partial charge < -0.3 is 16.4 Å². The standard InChI is InChI=1S/C19H17ClN4O2/c20-14-7-2-1-5-12(14)17(24-19(21)26)11-18(25)23-16-9-3-8-15-13(16)6-4-10-22-15/h1-10,17H,11H2,(H,23,25)(H3,21,24,26)/t17-/m1/s1. The van der Waals surface area contributed by atoms with Gasteiger partial charge in [-0.2, -0.15) is 0 Å². The van der Waals surface area contributed by atoms with Crippen molar-refractivity contribution in [3.8, 4) is 0 Å². The number of halogens is 1. The fraction of sp³-hybridized carbons (Fsp3) is 0.105. The Morgan fingerprint density at radius 3 is 2.65 bits per heavy atom. The first-order chi connectivity index (χ1) is 12.5. The van der Waals surface area contributed by atoms with Gasteiger partial charge in [-0.15, -0.1) is 0 Å². The molecule has 1 heterocycles. The maximum Gasteiger partial charge on any atom is 0.312 e. The molecule has 0 saturated carbocycles. The SMILES string of the molecule is NC(=O)N[C@H](CC(=O)Nc1cccc2ncccc12)c1ccccc1Cl. The zero-order valence-corrected chi connectivity index (χ0v) is 14.5. The minimum absolute atomic E-state index is 0.0106. The normalized spacial score (nSPS) is 11.7. The largest absolute Gasteiger partial charge is 0.352 e. The van der Waals surface area contributed by atoms with Gasteiger partial charge in [-0.05, 0) is 35.9 Å². The minimum Gasteiger partial charge on any atom is -0.352 e. The zero-order valence-electron chi connectivity index (χ0n) is 13.8. The predicted molar refractivity (Wildman–Crippen MR) is 102 cm³/mol. The van der Waals surface area contributed by atoms with Crippen molar-refractivity contribution in [2.75, 3.05) is 5.32 Å². The molecule has 3 amide bonds. The number of urea groups is 1. The van der Waals surface area contributed by atoms with Gasteiger partial charge in [0.2, 0.25) is 5.91 Å². The summed E-state index contributed by atoms with van der Waals surface area (Å²) in [5, 5.41) is 6.72. The lowest BCUT2D eigenvalue weighted by Gasteiger charge is -2.19. The first-order valence-electron chi connectivity index (χ1n) is 7.98. The zero-order chi connectivity index (χ0) is 18.5. The van der Waals surface area contributed by atoms with E-state index in [2.05, 4.69) is 15.6 Å². The van der Waals surface area contributed by atoms with Crippen molar-refractivity contribution in [2.24, 2.45) is 5.73 Å². The second kappa shape index (κ2) is 7.84. The van der Waals surface area contributed by atoms with Crippen molar-refractivity contribution >= 4 is 40.1 Å². The number of nitrogens with zero attached hydrogens (tertiary/aromatic N) is 1. The average Bonchev–Trinajstić information content (AvgIpc) is 2.61. The lowest BCUT2D eigenvalue weighted by molar-refractivity contribution is -0.116. The molecule has 0 bridgehead atoms. The number of nitrogens with two attached hydrogens (primary N) is 1. The number of aromatic nitrogens is 1. The van der Waals surface area contributed by atoms with Crippen LogP contribution >= 0.6 is 11.6 Å². The third-order valence-corrected chi connectivity index (χ3v) is 4.25. The second-order valence-electron chi connectivity index (χ2n) is 5.71. The Balaban J connectivity index is 1.82. The van der Waals surface area contributed by atoms with Gasteiger partial charge in [-0.1, -0.05) is 35.9 Å². The molecule has 26 heavy (non-hydrogen) atoms. The highest BCUT2D eigenvalue weighted by Crippen LogP contribution is 2.26. The molecule has 7 heteroatoms. The molecular weight excluding hydrogens is 352 g/mol. The number of pyridine rings is 1. The van der Waals surface area contributed by atoms with Crippen LogP contribution in [0.3, 0.4) is 0 Å². The molecule has 0 spiro atoms. The van der Waals surface area contributed by atoms with Crippen LogP contribution in [0.15, 0.2) is 60.8 Å². The summed E-state index contributed by atoms with van der Waals surface area (Å²) >= 11 is 6.19. The van der Waals surface area contributed by atoms with Crippen molar-refractivity contribution in [1.29, 1.82) is 0 Å². The highest BCUT2D eigenvalue weighted by molar-refractivity contribution is 6.31. The first-order valence-corrected chi connectivity index (χ1v) is 8.36. The molecule has 0 aliphatic heterocycles. The van der Waals surface area contributed by atoms with Crippen LogP contribution in [0.5, 0.6) is 0 Å². The van der Waals surface area contributed by atoms with Crippen LogP contribution in [-0.2, 0) is 4.79 Å². The number of carbonyl (C=O) groups excluding carboxylic acids is 2. The van der Waals surface area contributed by atoms with E-state index >= 15 is 0 Å². The van der Waals surface area contributed by atoms with E-state index in [1.807, 2.05) is 18.2 Å². The summed E-state index contributed by atoms with van der Waals surface area (Å²) in [4.78, 5) is 28.2. The number of carbonyl (C=O) groups is 2. The van der Waals surface area contributed by atoms with Crippen molar-refractivity contribution in [3.05, 3.63) is 71.4 Å². The smallest absolute Gasteiger partial charge is 0.312 e. The lowest BCUT2D eigenvalue weighted by atomic mass is 10.0. The fourth-order valence-electron chi connectivity index (χ4n) is 2.77. The van der Waals surface area contributed by atoms with Gasteiger partial charge in [0, 0.05) is 16.6 Å². The lowest BCUT2D eigenvalue weighted by Crippen LogP contribution is -2.35. The summed E-state index contributed by atoms with van der Waals surface area (Å²) in [7, 11) is 0. The van der Waals surface area contributed by atoms with E-state index in [1.54, 1.807) is 42.6 Å². The molecule has 1 aromatic heterocycles. The topological polar surface area (TPSA) is 97.1 Å². The molecule has 0 aliphatic rings. The number of primary amides is 1. The molecule has 0 fully saturated rings. The van der Waals surface area contributed by atoms with Crippen molar-refractivity contribution in [2.45, 2.75) is 12.5 Å². The summed E-state index contributed by atoms with van der Waals surface area (Å²) in [5.41, 5.74) is 7.31. The number of hydrogen-bond donors (Lipinski definition) is 3. The molecule has 0 aliphatic carbocycles. The molecule has 1 atom stereocenters. The summed E-state index contributed by atoms with van der Waals surface area (Å²) in [5.74, 6) is -0.278. The quantitative estimate of drug-likeness (QED) is 0.641. The Morgan fingerprint density at radius 1 is 1.08 bits per heavy atom. The number of fused-ring (bicyclic) bond motifs is 1. The van der Waals surface area contributed by atoms with Crippen LogP contribution in [0.2, 0.25) is 5.02 Å². The third kappa shape index (κ3) is 4.10. The first kappa shape index (κ1) is 17.7. The molecular formula is C19H17ClN4O2. The molecule has 0 unspecified atom stereocenters. The molecule has 4 N–H and O–H groups in total. The van der Waals surface area contributed by atoms with Gasteiger partial charge in [0.15, 0.2) is 0 Å². The van der Waals surface area contributed by atoms with E-state index in [0.717, 1.165) is 10.9 Å². The van der Waals surface area contributed by atoms with Crippen LogP contribution in [-0.4, -0.2) is 16.9 Å². The monoisotopic (exact) mass is 368 g/mol. The van der Waals surface area contributed by atoms with Crippen molar-refractivity contribution in [1.82, 2.24) is 10.3 Å². The Kier molecular flexibility index (Phi) is 5.34. The van der Waals surface area contributed by atoms with Gasteiger partial charge in [-0.25, -0.2) is 4.79 Å². The molecule has 3 rings (SSSR count). The van der Waals surface area contributed by atoms with Gasteiger partial charge in [0.1, 0.15) is 0 Å². The summed E-state index contributed by atoms with van der Waals surface area (Å²) < 4.78 is 0. The Hall–Kier alpha value is -3.12. The van der Waals surface area contributed by atoms with E-state index in [1.165, 1.54) is 0 Å². The Labute approximate surface area is 155 Å². The molecule has 0 radical (unpaired) electrons. The number of anilines is 1. The van der Waals surface area contributed by atoms with Gasteiger partial charge in [-0.3, -0.25) is 9.78 Å². The van der Waals surface area contributed by atoms with Gasteiger partial charge >= 0.3 is 6.03 Å². The van der Waals surface area contributed by atoms with Crippen LogP contribution < -0.4 is 16.4 Å². The maximum atomic E-state index is 12.6. The third-order valence-electron chi connectivity index (χ3n) is 3.91. The van der Waals surface area contributed by atoms with E-state index in [0.29, 0.717) is 16.3 Å². The van der Waals surface area contributed by atoms with Crippen LogP contribution in [0.4, 0.5) is 10.5 Å². The second-order valence-corrected chi connectivity index (χ2v) is 6.12. The van der Waals surface area contributed by atoms with Crippen LogP contribution in [0.25, 0.3) is 10.9 Å². The minimum atomic E-state index is -0.725. The van der Waals surface area contributed by atoms with Gasteiger partial charge in [0.25, 0.3) is 0 Å². The average molecular weight is 369 g/mol. The summed E-state index contributed by atoms with van der Waals surface area (Å²) in [6, 6.07) is 14.8. The number of benzene rings is 2. The molecule has 132 valence electrons. The van der Waals surface area contributed by atoms with Crippen molar-refractivity contribution < 1.29 is 9.59 Å². The molecule has 3 aromatic rings. The van der Waals surface area contributed by atoms with E-state index < -0.39 is 12.1 Å². The number of hydrogen-bond acceptors (Lipinski definition) is 3. The van der Waals surface area contributed by atoms with E-state index in [4.69, 9.17) is 17.3 Å². The number of nitrogens with one attached hydrogen (secondary N) is 2. The molecule has 0 saturated heterocycles. The number of rotatable bonds is 5. The van der Waals surface area contributed by atoms with Crippen LogP contribution in [0, 0.1) is 0 Å². The number of amides is 3. The highest BCUT2D eigenvalue weighted by Gasteiger charge is 2.20. The van der Waals surface area contributed by atoms with E-state index in [9.17, 15) is 9.59 Å². The van der Waals surface area contributed by atoms with Gasteiger partial charge in [0.05, 0.1) is 23.7 Å². The maximum absolute atomic E-state index is 12.6. The predicted octanol–water partition coefficient (Wildman–Crippen LogP) is 3.63. The summed E-state index contributed by atoms with van der Waals surface area (Å²) in [6.07, 6.45) is 1.68. The molecule has 2 aromatic carbocycles. The van der Waals surface area contributed by atoms with Crippen molar-refractivity contribution in [3.63, 3.8) is 0 Å². The Bertz CT molecular complexity index is 956. The van der Waals surface area contributed by atoms with E-state index in [-0.39, 0.29) is 12.3 Å². The van der Waals surface area contributed by atoms with Crippen LogP contribution in [0.1, 0.15) is 18.0 Å².